The van der Waals surface area contributed by atoms with Gasteiger partial charge in [-0.05, 0) is 24.0 Å². The lowest BCUT2D eigenvalue weighted by atomic mass is 10.1. The Kier molecular flexibility index (Phi) is 4.97. The molecule has 76 valence electrons. The first-order valence-corrected chi connectivity index (χ1v) is 4.97. The fourth-order valence-electron chi connectivity index (χ4n) is 1.41. The average molecular weight is 190 g/mol. The summed E-state index contributed by atoms with van der Waals surface area (Å²) in [4.78, 5) is 0. The van der Waals surface area contributed by atoms with Gasteiger partial charge in [-0.3, -0.25) is 0 Å². The Labute approximate surface area is 85.7 Å². The molecule has 0 aromatic heterocycles. The zero-order valence-electron chi connectivity index (χ0n) is 8.45. The molecule has 0 aromatic carbocycles. The van der Waals surface area contributed by atoms with Crippen LogP contribution in [0.1, 0.15) is 12.8 Å². The van der Waals surface area contributed by atoms with Gasteiger partial charge in [-0.2, -0.15) is 0 Å². The first-order chi connectivity index (χ1) is 6.88. The minimum atomic E-state index is 0.628. The molecule has 2 aliphatic rings. The van der Waals surface area contributed by atoms with E-state index >= 15 is 0 Å². The zero-order chi connectivity index (χ0) is 10.2. The molecule has 0 atom stereocenters. The minimum Gasteiger partial charge on any atom is -0.327 e. The van der Waals surface area contributed by atoms with Crippen LogP contribution in [-0.4, -0.2) is 13.1 Å². The monoisotopic (exact) mass is 190 g/mol. The van der Waals surface area contributed by atoms with E-state index in [1.54, 1.807) is 0 Å². The Bertz CT molecular complexity index is 273. The fraction of sp³-hybridized carbons (Fsp3) is 0.333. The Morgan fingerprint density at radius 3 is 2.07 bits per heavy atom. The Morgan fingerprint density at radius 2 is 1.71 bits per heavy atom. The van der Waals surface area contributed by atoms with Gasteiger partial charge in [0, 0.05) is 13.1 Å². The molecule has 0 bridgehead atoms. The highest BCUT2D eigenvalue weighted by atomic mass is 14.6. The summed E-state index contributed by atoms with van der Waals surface area (Å²) in [5, 5.41) is 0. The third-order valence-electron chi connectivity index (χ3n) is 2.26. The molecule has 0 saturated carbocycles. The van der Waals surface area contributed by atoms with Gasteiger partial charge in [0.2, 0.25) is 0 Å². The van der Waals surface area contributed by atoms with Gasteiger partial charge in [0.05, 0.1) is 0 Å². The van der Waals surface area contributed by atoms with Crippen LogP contribution in [0.3, 0.4) is 0 Å². The van der Waals surface area contributed by atoms with Gasteiger partial charge in [-0.1, -0.05) is 36.5 Å². The highest BCUT2D eigenvalue weighted by Crippen LogP contribution is 2.15. The van der Waals surface area contributed by atoms with Crippen LogP contribution in [0.5, 0.6) is 0 Å². The predicted molar refractivity (Wildman–Crippen MR) is 61.8 cm³/mol. The molecule has 0 amide bonds. The second-order valence-electron chi connectivity index (χ2n) is 3.24. The summed E-state index contributed by atoms with van der Waals surface area (Å²) >= 11 is 0. The van der Waals surface area contributed by atoms with Crippen molar-refractivity contribution in [3.8, 4) is 0 Å². The second-order valence-corrected chi connectivity index (χ2v) is 3.24. The fourth-order valence-corrected chi connectivity index (χ4v) is 1.41. The highest BCUT2D eigenvalue weighted by Gasteiger charge is 2.03. The highest BCUT2D eigenvalue weighted by molar-refractivity contribution is 5.35. The molecule has 0 unspecified atom stereocenters. The number of rotatable bonds is 2. The lowest BCUT2D eigenvalue weighted by molar-refractivity contribution is 1.04. The summed E-state index contributed by atoms with van der Waals surface area (Å²) in [6.07, 6.45) is 14.7. The molecular weight excluding hydrogens is 172 g/mol. The SMILES string of the molecule is C1=CCC=C1.NCC1=C(CN)CC=C1. The Balaban J connectivity index is 0.000000165. The van der Waals surface area contributed by atoms with Crippen molar-refractivity contribution < 1.29 is 0 Å². The molecule has 4 N–H and O–H groups in total. The van der Waals surface area contributed by atoms with E-state index in [9.17, 15) is 0 Å². The lowest BCUT2D eigenvalue weighted by Gasteiger charge is -1.99. The number of hydrogen-bond donors (Lipinski definition) is 2. The van der Waals surface area contributed by atoms with Gasteiger partial charge in [-0.25, -0.2) is 0 Å². The van der Waals surface area contributed by atoms with Crippen LogP contribution in [-0.2, 0) is 0 Å². The van der Waals surface area contributed by atoms with Crippen molar-refractivity contribution >= 4 is 0 Å². The summed E-state index contributed by atoms with van der Waals surface area (Å²) in [7, 11) is 0. The largest absolute Gasteiger partial charge is 0.327 e. The van der Waals surface area contributed by atoms with Crippen LogP contribution in [0.15, 0.2) is 47.6 Å². The van der Waals surface area contributed by atoms with Crippen molar-refractivity contribution in [1.29, 1.82) is 0 Å². The molecule has 14 heavy (non-hydrogen) atoms. The van der Waals surface area contributed by atoms with E-state index in [-0.39, 0.29) is 0 Å². The molecule has 0 heterocycles. The van der Waals surface area contributed by atoms with E-state index in [0.29, 0.717) is 13.1 Å². The lowest BCUT2D eigenvalue weighted by Crippen LogP contribution is -2.08. The molecule has 0 saturated heterocycles. The van der Waals surface area contributed by atoms with Crippen molar-refractivity contribution in [2.24, 2.45) is 11.5 Å². The third-order valence-corrected chi connectivity index (χ3v) is 2.26. The maximum absolute atomic E-state index is 5.45. The second kappa shape index (κ2) is 6.35. The van der Waals surface area contributed by atoms with E-state index in [4.69, 9.17) is 11.5 Å². The van der Waals surface area contributed by atoms with E-state index in [0.717, 1.165) is 12.8 Å². The molecule has 2 rings (SSSR count). The van der Waals surface area contributed by atoms with E-state index in [1.807, 2.05) is 0 Å². The summed E-state index contributed by atoms with van der Waals surface area (Å²) in [6, 6.07) is 0. The van der Waals surface area contributed by atoms with E-state index in [1.165, 1.54) is 11.1 Å². The van der Waals surface area contributed by atoms with Crippen LogP contribution in [0, 0.1) is 0 Å². The molecule has 2 nitrogen and oxygen atoms in total. The smallest absolute Gasteiger partial charge is 0.0178 e. The molecule has 2 aliphatic carbocycles. The molecule has 0 aliphatic heterocycles. The molecular formula is C12H18N2. The van der Waals surface area contributed by atoms with Gasteiger partial charge in [-0.15, -0.1) is 0 Å². The van der Waals surface area contributed by atoms with Gasteiger partial charge in [0.15, 0.2) is 0 Å². The number of hydrogen-bond acceptors (Lipinski definition) is 2. The van der Waals surface area contributed by atoms with Crippen molar-refractivity contribution in [1.82, 2.24) is 0 Å². The molecule has 0 radical (unpaired) electrons. The van der Waals surface area contributed by atoms with Crippen LogP contribution in [0.4, 0.5) is 0 Å². The van der Waals surface area contributed by atoms with Crippen molar-refractivity contribution in [2.75, 3.05) is 13.1 Å². The zero-order valence-corrected chi connectivity index (χ0v) is 8.45. The summed E-state index contributed by atoms with van der Waals surface area (Å²) < 4.78 is 0. The van der Waals surface area contributed by atoms with Crippen LogP contribution in [0.2, 0.25) is 0 Å². The minimum absolute atomic E-state index is 0.628. The molecule has 0 fully saturated rings. The molecule has 2 heteroatoms. The maximum Gasteiger partial charge on any atom is 0.0178 e. The van der Waals surface area contributed by atoms with E-state index in [2.05, 4.69) is 36.5 Å². The Morgan fingerprint density at radius 1 is 1.00 bits per heavy atom. The predicted octanol–water partition coefficient (Wildman–Crippen LogP) is 1.66. The normalized spacial score (nSPS) is 17.6. The van der Waals surface area contributed by atoms with E-state index < -0.39 is 0 Å². The average Bonchev–Trinajstić information content (AvgIpc) is 2.91. The summed E-state index contributed by atoms with van der Waals surface area (Å²) in [5.41, 5.74) is 13.4. The van der Waals surface area contributed by atoms with Crippen molar-refractivity contribution in [3.63, 3.8) is 0 Å². The van der Waals surface area contributed by atoms with Gasteiger partial charge >= 0.3 is 0 Å². The topological polar surface area (TPSA) is 52.0 Å². The first-order valence-electron chi connectivity index (χ1n) is 4.97. The van der Waals surface area contributed by atoms with Crippen LogP contribution >= 0.6 is 0 Å². The van der Waals surface area contributed by atoms with Crippen molar-refractivity contribution in [3.05, 3.63) is 47.6 Å². The van der Waals surface area contributed by atoms with Crippen molar-refractivity contribution in [2.45, 2.75) is 12.8 Å². The number of allylic oxidation sites excluding steroid dienone is 5. The number of nitrogens with two attached hydrogens (primary N) is 2. The third kappa shape index (κ3) is 3.32. The Hall–Kier alpha value is -1.12. The molecule has 0 spiro atoms. The first kappa shape index (κ1) is 11.0. The maximum atomic E-state index is 5.45. The van der Waals surface area contributed by atoms with Gasteiger partial charge in [0.25, 0.3) is 0 Å². The van der Waals surface area contributed by atoms with Gasteiger partial charge < -0.3 is 11.5 Å². The van der Waals surface area contributed by atoms with Crippen LogP contribution in [0.25, 0.3) is 0 Å². The summed E-state index contributed by atoms with van der Waals surface area (Å²) in [5.74, 6) is 0. The standard InChI is InChI=1S/C7H12N2.C5H6/c8-4-6-2-1-3-7(6)5-9;1-2-4-5-3-1/h1-2H,3-5,8-9H2;1-4H,5H2. The van der Waals surface area contributed by atoms with Crippen LogP contribution < -0.4 is 11.5 Å². The van der Waals surface area contributed by atoms with Gasteiger partial charge in [0.1, 0.15) is 0 Å². The quantitative estimate of drug-likeness (QED) is 0.696. The molecule has 0 aromatic rings. The summed E-state index contributed by atoms with van der Waals surface area (Å²) in [6.45, 7) is 1.28.